The fraction of sp³-hybridized carbons (Fsp3) is 0.375. The van der Waals surface area contributed by atoms with E-state index in [1.54, 1.807) is 31.2 Å². The number of benzene rings is 2. The normalized spacial score (nSPS) is 12.6. The van der Waals surface area contributed by atoms with Crippen LogP contribution in [0.5, 0.6) is 23.0 Å². The summed E-state index contributed by atoms with van der Waals surface area (Å²) in [7, 11) is 3.39. The molecular weight excluding hydrogens is 382 g/mol. The number of nitrogens with zero attached hydrogens (tertiary/aromatic N) is 1. The van der Waals surface area contributed by atoms with Crippen LogP contribution in [0.4, 0.5) is 0 Å². The summed E-state index contributed by atoms with van der Waals surface area (Å²) in [6.07, 6.45) is 5.41. The van der Waals surface area contributed by atoms with Gasteiger partial charge >= 0.3 is 0 Å². The number of fused-ring (bicyclic) bond motifs is 1. The maximum atomic E-state index is 12.5. The van der Waals surface area contributed by atoms with Crippen LogP contribution in [0.2, 0.25) is 0 Å². The molecule has 0 aromatic heterocycles. The van der Waals surface area contributed by atoms with Crippen LogP contribution in [0.1, 0.15) is 30.9 Å². The molecule has 6 heteroatoms. The van der Waals surface area contributed by atoms with Gasteiger partial charge in [0.15, 0.2) is 23.0 Å². The first kappa shape index (κ1) is 21.6. The molecule has 6 nitrogen and oxygen atoms in total. The third kappa shape index (κ3) is 5.69. The van der Waals surface area contributed by atoms with Crippen LogP contribution in [-0.2, 0) is 11.3 Å². The fourth-order valence-electron chi connectivity index (χ4n) is 3.07. The van der Waals surface area contributed by atoms with Gasteiger partial charge in [0.05, 0.1) is 13.7 Å². The molecule has 30 heavy (non-hydrogen) atoms. The maximum Gasteiger partial charge on any atom is 0.246 e. The number of unbranched alkanes of at least 4 members (excludes halogenated alkanes) is 1. The molecule has 0 atom stereocenters. The van der Waals surface area contributed by atoms with Crippen LogP contribution in [0.15, 0.2) is 42.5 Å². The maximum absolute atomic E-state index is 12.5. The van der Waals surface area contributed by atoms with E-state index in [1.807, 2.05) is 36.4 Å². The van der Waals surface area contributed by atoms with E-state index in [1.165, 1.54) is 0 Å². The van der Waals surface area contributed by atoms with E-state index in [-0.39, 0.29) is 5.91 Å². The quantitative estimate of drug-likeness (QED) is 0.454. The Balaban J connectivity index is 1.60. The Labute approximate surface area is 178 Å². The molecule has 0 bridgehead atoms. The van der Waals surface area contributed by atoms with Gasteiger partial charge < -0.3 is 23.8 Å². The van der Waals surface area contributed by atoms with Crippen molar-refractivity contribution < 1.29 is 23.7 Å². The van der Waals surface area contributed by atoms with E-state index in [4.69, 9.17) is 18.9 Å². The predicted molar refractivity (Wildman–Crippen MR) is 116 cm³/mol. The molecule has 0 unspecified atom stereocenters. The highest BCUT2D eigenvalue weighted by Crippen LogP contribution is 2.31. The highest BCUT2D eigenvalue weighted by molar-refractivity contribution is 5.91. The Hall–Kier alpha value is -3.15. The number of rotatable bonds is 9. The molecule has 0 saturated carbocycles. The summed E-state index contributed by atoms with van der Waals surface area (Å²) in [5.41, 5.74) is 1.86. The average Bonchev–Trinajstić information content (AvgIpc) is 2.78. The molecule has 0 aliphatic carbocycles. The van der Waals surface area contributed by atoms with E-state index >= 15 is 0 Å². The molecule has 0 radical (unpaired) electrons. The molecular formula is C24H29NO5. The lowest BCUT2D eigenvalue weighted by atomic mass is 10.1. The molecule has 2 aromatic carbocycles. The number of methoxy groups -OCH3 is 1. The zero-order valence-electron chi connectivity index (χ0n) is 17.8. The molecule has 1 aliphatic rings. The molecule has 0 saturated heterocycles. The summed E-state index contributed by atoms with van der Waals surface area (Å²) in [4.78, 5) is 14.2. The average molecular weight is 411 g/mol. The standard InChI is InChI=1S/C24H29NO5/c1-4-5-12-28-20-9-6-18(15-22(20)27-3)8-11-24(26)25(2)17-19-7-10-21-23(16-19)30-14-13-29-21/h6-11,15-16H,4-5,12-14,17H2,1-3H3/b11-8+. The van der Waals surface area contributed by atoms with Crippen LogP contribution < -0.4 is 18.9 Å². The summed E-state index contributed by atoms with van der Waals surface area (Å²) in [6, 6.07) is 11.4. The van der Waals surface area contributed by atoms with Gasteiger partial charge in [0.2, 0.25) is 5.91 Å². The summed E-state index contributed by atoms with van der Waals surface area (Å²) in [6.45, 7) is 4.36. The Morgan fingerprint density at radius 1 is 1.10 bits per heavy atom. The van der Waals surface area contributed by atoms with E-state index in [9.17, 15) is 4.79 Å². The largest absolute Gasteiger partial charge is 0.493 e. The molecule has 160 valence electrons. The number of carbonyl (C=O) groups excluding carboxylic acids is 1. The minimum Gasteiger partial charge on any atom is -0.493 e. The van der Waals surface area contributed by atoms with Crippen molar-refractivity contribution in [1.29, 1.82) is 0 Å². The number of amides is 1. The Morgan fingerprint density at radius 3 is 2.67 bits per heavy atom. The minimum absolute atomic E-state index is 0.0906. The van der Waals surface area contributed by atoms with E-state index in [2.05, 4.69) is 6.92 Å². The number of hydrogen-bond acceptors (Lipinski definition) is 5. The third-order valence-electron chi connectivity index (χ3n) is 4.76. The Morgan fingerprint density at radius 2 is 1.90 bits per heavy atom. The molecule has 1 aliphatic heterocycles. The third-order valence-corrected chi connectivity index (χ3v) is 4.76. The van der Waals surface area contributed by atoms with Crippen LogP contribution in [0.25, 0.3) is 6.08 Å². The zero-order chi connectivity index (χ0) is 21.3. The van der Waals surface area contributed by atoms with Gasteiger partial charge in [-0.05, 0) is 47.9 Å². The van der Waals surface area contributed by atoms with Crippen LogP contribution in [0, 0.1) is 0 Å². The van der Waals surface area contributed by atoms with E-state index < -0.39 is 0 Å². The number of ether oxygens (including phenoxy) is 4. The van der Waals surface area contributed by atoms with Gasteiger partial charge in [0.25, 0.3) is 0 Å². The van der Waals surface area contributed by atoms with Crippen LogP contribution in [-0.4, -0.2) is 44.8 Å². The van der Waals surface area contributed by atoms with Crippen molar-refractivity contribution in [2.75, 3.05) is 34.0 Å². The first-order chi connectivity index (χ1) is 14.6. The zero-order valence-corrected chi connectivity index (χ0v) is 17.8. The smallest absolute Gasteiger partial charge is 0.246 e. The van der Waals surface area contributed by atoms with Crippen molar-refractivity contribution >= 4 is 12.0 Å². The predicted octanol–water partition coefficient (Wildman–Crippen LogP) is 4.32. The molecule has 3 rings (SSSR count). The van der Waals surface area contributed by atoms with Gasteiger partial charge in [-0.15, -0.1) is 0 Å². The van der Waals surface area contributed by atoms with Crippen LogP contribution >= 0.6 is 0 Å². The Bertz CT molecular complexity index is 893. The number of carbonyl (C=O) groups is 1. The van der Waals surface area contributed by atoms with Gasteiger partial charge in [-0.3, -0.25) is 4.79 Å². The lowest BCUT2D eigenvalue weighted by molar-refractivity contribution is -0.125. The number of hydrogen-bond donors (Lipinski definition) is 0. The molecule has 0 spiro atoms. The van der Waals surface area contributed by atoms with Crippen molar-refractivity contribution in [3.8, 4) is 23.0 Å². The first-order valence-corrected chi connectivity index (χ1v) is 10.2. The molecule has 1 amide bonds. The molecule has 2 aromatic rings. The minimum atomic E-state index is -0.0906. The SMILES string of the molecule is CCCCOc1ccc(/C=C/C(=O)N(C)Cc2ccc3c(c2)OCCO3)cc1OC. The first-order valence-electron chi connectivity index (χ1n) is 10.2. The van der Waals surface area contributed by atoms with Crippen LogP contribution in [0.3, 0.4) is 0 Å². The van der Waals surface area contributed by atoms with Crippen molar-refractivity contribution in [1.82, 2.24) is 4.90 Å². The summed E-state index contributed by atoms with van der Waals surface area (Å²) < 4.78 is 22.3. The second kappa shape index (κ2) is 10.6. The Kier molecular flexibility index (Phi) is 7.60. The van der Waals surface area contributed by atoms with Crippen molar-refractivity contribution in [2.24, 2.45) is 0 Å². The second-order valence-electron chi connectivity index (χ2n) is 7.12. The monoisotopic (exact) mass is 411 g/mol. The van der Waals surface area contributed by atoms with Gasteiger partial charge in [-0.25, -0.2) is 0 Å². The van der Waals surface area contributed by atoms with Gasteiger partial charge in [0.1, 0.15) is 13.2 Å². The van der Waals surface area contributed by atoms with E-state index in [0.29, 0.717) is 37.9 Å². The summed E-state index contributed by atoms with van der Waals surface area (Å²) >= 11 is 0. The van der Waals surface area contributed by atoms with Gasteiger partial charge in [-0.1, -0.05) is 25.5 Å². The highest BCUT2D eigenvalue weighted by atomic mass is 16.6. The summed E-state index contributed by atoms with van der Waals surface area (Å²) in [5, 5.41) is 0. The van der Waals surface area contributed by atoms with Crippen molar-refractivity contribution in [3.63, 3.8) is 0 Å². The fourth-order valence-corrected chi connectivity index (χ4v) is 3.07. The van der Waals surface area contributed by atoms with Crippen molar-refractivity contribution in [3.05, 3.63) is 53.6 Å². The highest BCUT2D eigenvalue weighted by Gasteiger charge is 2.13. The van der Waals surface area contributed by atoms with Gasteiger partial charge in [-0.2, -0.15) is 0 Å². The molecule has 0 fully saturated rings. The topological polar surface area (TPSA) is 57.2 Å². The lowest BCUT2D eigenvalue weighted by Crippen LogP contribution is -2.24. The number of likely N-dealkylation sites (N-methyl/N-ethyl adjacent to an activating group) is 1. The molecule has 1 heterocycles. The van der Waals surface area contributed by atoms with Gasteiger partial charge in [0, 0.05) is 19.7 Å². The summed E-state index contributed by atoms with van der Waals surface area (Å²) in [5.74, 6) is 2.75. The molecule has 0 N–H and O–H groups in total. The van der Waals surface area contributed by atoms with E-state index in [0.717, 1.165) is 35.5 Å². The van der Waals surface area contributed by atoms with Crippen molar-refractivity contribution in [2.45, 2.75) is 26.3 Å². The second-order valence-corrected chi connectivity index (χ2v) is 7.12. The lowest BCUT2D eigenvalue weighted by Gasteiger charge is -2.20.